The summed E-state index contributed by atoms with van der Waals surface area (Å²) in [5.41, 5.74) is 3.92. The van der Waals surface area contributed by atoms with Crippen molar-refractivity contribution in [3.63, 3.8) is 0 Å². The molecule has 0 radical (unpaired) electrons. The van der Waals surface area contributed by atoms with Gasteiger partial charge in [-0.1, -0.05) is 36.4 Å². The number of hydrogen-bond acceptors (Lipinski definition) is 4. The van der Waals surface area contributed by atoms with Crippen LogP contribution >= 0.6 is 0 Å². The lowest BCUT2D eigenvalue weighted by molar-refractivity contribution is 0.0942. The van der Waals surface area contributed by atoms with Gasteiger partial charge in [0.1, 0.15) is 0 Å². The molecule has 0 fully saturated rings. The maximum absolute atomic E-state index is 12.7. The number of benzene rings is 3. The summed E-state index contributed by atoms with van der Waals surface area (Å²) < 4.78 is 27.9. The van der Waals surface area contributed by atoms with Gasteiger partial charge in [-0.05, 0) is 81.0 Å². The third-order valence-electron chi connectivity index (χ3n) is 5.45. The number of nitrogens with one attached hydrogen (secondary N) is 2. The fourth-order valence-corrected chi connectivity index (χ4v) is 4.49. The molecule has 0 saturated heterocycles. The van der Waals surface area contributed by atoms with E-state index in [1.165, 1.54) is 0 Å². The third kappa shape index (κ3) is 5.75. The molecule has 3 aromatic carbocycles. The van der Waals surface area contributed by atoms with Gasteiger partial charge in [0.2, 0.25) is 0 Å². The minimum Gasteiger partial charge on any atom is -0.350 e. The second-order valence-corrected chi connectivity index (χ2v) is 9.71. The molecule has 0 aliphatic heterocycles. The molecule has 168 valence electrons. The largest absolute Gasteiger partial charge is 0.350 e. The molecule has 0 aromatic heterocycles. The average molecular weight is 452 g/mol. The van der Waals surface area contributed by atoms with Crippen molar-refractivity contribution in [1.29, 1.82) is 0 Å². The number of hydrogen-bond donors (Lipinski definition) is 2. The van der Waals surface area contributed by atoms with E-state index in [2.05, 4.69) is 14.9 Å². The molecule has 0 bridgehead atoms. The zero-order valence-corrected chi connectivity index (χ0v) is 19.6. The molecule has 0 saturated carbocycles. The van der Waals surface area contributed by atoms with Crippen LogP contribution in [0.3, 0.4) is 0 Å². The minimum atomic E-state index is -3.70. The molecule has 2 N–H and O–H groups in total. The fraction of sp³-hybridized carbons (Fsp3) is 0.240. The molecule has 32 heavy (non-hydrogen) atoms. The number of rotatable bonds is 8. The molecule has 3 aromatic rings. The molecule has 0 heterocycles. The van der Waals surface area contributed by atoms with Crippen molar-refractivity contribution in [2.75, 3.05) is 25.4 Å². The lowest BCUT2D eigenvalue weighted by Gasteiger charge is -2.25. The van der Waals surface area contributed by atoms with Crippen LogP contribution in [0.15, 0.2) is 77.7 Å². The minimum absolute atomic E-state index is 0.0456. The van der Waals surface area contributed by atoms with E-state index in [1.54, 1.807) is 42.5 Å². The molecule has 7 heteroatoms. The molecule has 0 unspecified atom stereocenters. The summed E-state index contributed by atoms with van der Waals surface area (Å²) in [7, 11) is 0.242. The maximum atomic E-state index is 12.7. The standard InChI is InChI=1S/C25H29N3O3S/c1-18-10-15-23(16-19(18)2)32(30,31)27-22-13-11-21(12-14-22)25(29)26-17-24(28(3)4)20-8-6-5-7-9-20/h5-16,24,27H,17H2,1-4H3,(H,26,29)/t24-/m1/s1. The summed E-state index contributed by atoms with van der Waals surface area (Å²) in [4.78, 5) is 14.9. The van der Waals surface area contributed by atoms with Crippen LogP contribution in [0, 0.1) is 13.8 Å². The van der Waals surface area contributed by atoms with Crippen molar-refractivity contribution in [3.8, 4) is 0 Å². The van der Waals surface area contributed by atoms with Gasteiger partial charge in [-0.2, -0.15) is 0 Å². The molecule has 1 amide bonds. The van der Waals surface area contributed by atoms with Crippen LogP contribution in [0.4, 0.5) is 5.69 Å². The van der Waals surface area contributed by atoms with Crippen LogP contribution < -0.4 is 10.0 Å². The van der Waals surface area contributed by atoms with Crippen molar-refractivity contribution in [1.82, 2.24) is 10.2 Å². The van der Waals surface area contributed by atoms with Gasteiger partial charge < -0.3 is 10.2 Å². The van der Waals surface area contributed by atoms with Gasteiger partial charge in [-0.15, -0.1) is 0 Å². The van der Waals surface area contributed by atoms with Gasteiger partial charge >= 0.3 is 0 Å². The molecular weight excluding hydrogens is 422 g/mol. The van der Waals surface area contributed by atoms with Crippen LogP contribution in [-0.2, 0) is 10.0 Å². The Labute approximate surface area is 190 Å². The Hall–Kier alpha value is -3.16. The Balaban J connectivity index is 1.65. The Kier molecular flexibility index (Phi) is 7.33. The maximum Gasteiger partial charge on any atom is 0.261 e. The number of nitrogens with zero attached hydrogens (tertiary/aromatic N) is 1. The number of sulfonamides is 1. The first-order valence-corrected chi connectivity index (χ1v) is 11.9. The highest BCUT2D eigenvalue weighted by atomic mass is 32.2. The van der Waals surface area contributed by atoms with Gasteiger partial charge in [-0.25, -0.2) is 8.42 Å². The van der Waals surface area contributed by atoms with Crippen LogP contribution in [0.2, 0.25) is 0 Å². The van der Waals surface area contributed by atoms with Crippen molar-refractivity contribution in [3.05, 3.63) is 95.1 Å². The second kappa shape index (κ2) is 9.97. The van der Waals surface area contributed by atoms with Crippen molar-refractivity contribution in [2.24, 2.45) is 0 Å². The van der Waals surface area contributed by atoms with E-state index in [-0.39, 0.29) is 16.8 Å². The Morgan fingerprint density at radius 3 is 2.16 bits per heavy atom. The lowest BCUT2D eigenvalue weighted by Crippen LogP contribution is -2.34. The number of carbonyl (C=O) groups excluding carboxylic acids is 1. The summed E-state index contributed by atoms with van der Waals surface area (Å²) in [6, 6.07) is 21.5. The van der Waals surface area contributed by atoms with Gasteiger partial charge in [0.25, 0.3) is 15.9 Å². The molecular formula is C25H29N3O3S. The number of carbonyl (C=O) groups is 1. The Bertz CT molecular complexity index is 1170. The molecule has 1 atom stereocenters. The fourth-order valence-electron chi connectivity index (χ4n) is 3.35. The molecule has 6 nitrogen and oxygen atoms in total. The number of likely N-dealkylation sites (N-methyl/N-ethyl adjacent to an activating group) is 1. The van der Waals surface area contributed by atoms with E-state index in [0.29, 0.717) is 17.8 Å². The zero-order valence-electron chi connectivity index (χ0n) is 18.8. The van der Waals surface area contributed by atoms with Gasteiger partial charge in [-0.3, -0.25) is 9.52 Å². The van der Waals surface area contributed by atoms with Gasteiger partial charge in [0.15, 0.2) is 0 Å². The molecule has 0 aliphatic rings. The van der Waals surface area contributed by atoms with Gasteiger partial charge in [0, 0.05) is 17.8 Å². The Morgan fingerprint density at radius 2 is 1.56 bits per heavy atom. The van der Waals surface area contributed by atoms with Crippen LogP contribution in [0.25, 0.3) is 0 Å². The van der Waals surface area contributed by atoms with E-state index in [1.807, 2.05) is 58.3 Å². The number of amides is 1. The van der Waals surface area contributed by atoms with E-state index < -0.39 is 10.0 Å². The topological polar surface area (TPSA) is 78.5 Å². The SMILES string of the molecule is Cc1ccc(S(=O)(=O)Nc2ccc(C(=O)NC[C@H](c3ccccc3)N(C)C)cc2)cc1C. The van der Waals surface area contributed by atoms with Crippen LogP contribution in [0.5, 0.6) is 0 Å². The third-order valence-corrected chi connectivity index (χ3v) is 6.83. The first-order valence-electron chi connectivity index (χ1n) is 10.4. The Morgan fingerprint density at radius 1 is 0.906 bits per heavy atom. The normalized spacial score (nSPS) is 12.4. The highest BCUT2D eigenvalue weighted by Crippen LogP contribution is 2.20. The predicted octanol–water partition coefficient (Wildman–Crippen LogP) is 4.14. The number of aryl methyl sites for hydroxylation is 2. The smallest absolute Gasteiger partial charge is 0.261 e. The van der Waals surface area contributed by atoms with Crippen molar-refractivity contribution >= 4 is 21.6 Å². The molecule has 0 spiro atoms. The van der Waals surface area contributed by atoms with E-state index in [0.717, 1.165) is 16.7 Å². The molecule has 0 aliphatic carbocycles. The van der Waals surface area contributed by atoms with Crippen molar-refractivity contribution in [2.45, 2.75) is 24.8 Å². The van der Waals surface area contributed by atoms with E-state index in [4.69, 9.17) is 0 Å². The predicted molar refractivity (Wildman–Crippen MR) is 128 cm³/mol. The second-order valence-electron chi connectivity index (χ2n) is 8.03. The highest BCUT2D eigenvalue weighted by molar-refractivity contribution is 7.92. The van der Waals surface area contributed by atoms with Gasteiger partial charge in [0.05, 0.1) is 10.9 Å². The first-order chi connectivity index (χ1) is 15.2. The van der Waals surface area contributed by atoms with Crippen LogP contribution in [-0.4, -0.2) is 39.9 Å². The lowest BCUT2D eigenvalue weighted by atomic mass is 10.1. The summed E-state index contributed by atoms with van der Waals surface area (Å²) in [5, 5.41) is 2.96. The average Bonchev–Trinajstić information content (AvgIpc) is 2.76. The van der Waals surface area contributed by atoms with Crippen LogP contribution in [0.1, 0.15) is 33.1 Å². The summed E-state index contributed by atoms with van der Waals surface area (Å²) in [6.07, 6.45) is 0. The van der Waals surface area contributed by atoms with E-state index >= 15 is 0 Å². The quantitative estimate of drug-likeness (QED) is 0.540. The summed E-state index contributed by atoms with van der Waals surface area (Å²) in [5.74, 6) is -0.212. The first kappa shape index (κ1) is 23.5. The van der Waals surface area contributed by atoms with Crippen molar-refractivity contribution < 1.29 is 13.2 Å². The highest BCUT2D eigenvalue weighted by Gasteiger charge is 2.17. The number of anilines is 1. The zero-order chi connectivity index (χ0) is 23.3. The summed E-state index contributed by atoms with van der Waals surface area (Å²) >= 11 is 0. The molecule has 3 rings (SSSR count). The van der Waals surface area contributed by atoms with E-state index in [9.17, 15) is 13.2 Å². The summed E-state index contributed by atoms with van der Waals surface area (Å²) in [6.45, 7) is 4.26. The monoisotopic (exact) mass is 451 g/mol.